The Morgan fingerprint density at radius 3 is 2.75 bits per heavy atom. The SMILES string of the molecule is Cn1ccc2ccc(-c3cccc(Cn4cnc5ncccc5c4=O)c3)cc21. The topological polar surface area (TPSA) is 52.7 Å². The van der Waals surface area contributed by atoms with Gasteiger partial charge in [0, 0.05) is 25.0 Å². The normalized spacial score (nSPS) is 11.3. The smallest absolute Gasteiger partial charge is 0.263 e. The number of hydrogen-bond acceptors (Lipinski definition) is 3. The van der Waals surface area contributed by atoms with Gasteiger partial charge in [0.15, 0.2) is 5.65 Å². The molecule has 5 aromatic rings. The van der Waals surface area contributed by atoms with Crippen LogP contribution in [0.1, 0.15) is 5.56 Å². The molecule has 0 spiro atoms. The van der Waals surface area contributed by atoms with Crippen molar-refractivity contribution in [1.29, 1.82) is 0 Å². The Morgan fingerprint density at radius 2 is 1.82 bits per heavy atom. The third-order valence-electron chi connectivity index (χ3n) is 5.10. The van der Waals surface area contributed by atoms with Crippen molar-refractivity contribution in [3.8, 4) is 11.1 Å². The van der Waals surface area contributed by atoms with E-state index >= 15 is 0 Å². The lowest BCUT2D eigenvalue weighted by Crippen LogP contribution is -2.21. The van der Waals surface area contributed by atoms with Gasteiger partial charge in [-0.2, -0.15) is 0 Å². The van der Waals surface area contributed by atoms with Gasteiger partial charge in [-0.05, 0) is 52.4 Å². The van der Waals surface area contributed by atoms with Gasteiger partial charge in [0.25, 0.3) is 5.56 Å². The van der Waals surface area contributed by atoms with Gasteiger partial charge in [0.1, 0.15) is 6.33 Å². The average Bonchev–Trinajstić information content (AvgIpc) is 3.11. The first-order valence-corrected chi connectivity index (χ1v) is 9.14. The van der Waals surface area contributed by atoms with Gasteiger partial charge in [0.05, 0.1) is 11.9 Å². The summed E-state index contributed by atoms with van der Waals surface area (Å²) in [6.07, 6.45) is 5.28. The van der Waals surface area contributed by atoms with Crippen molar-refractivity contribution in [2.75, 3.05) is 0 Å². The van der Waals surface area contributed by atoms with E-state index in [4.69, 9.17) is 0 Å². The maximum atomic E-state index is 12.7. The van der Waals surface area contributed by atoms with Gasteiger partial charge in [-0.1, -0.05) is 30.3 Å². The molecule has 136 valence electrons. The zero-order valence-corrected chi connectivity index (χ0v) is 15.4. The minimum atomic E-state index is -0.0752. The summed E-state index contributed by atoms with van der Waals surface area (Å²) in [4.78, 5) is 21.2. The van der Waals surface area contributed by atoms with Crippen LogP contribution < -0.4 is 5.56 Å². The Balaban J connectivity index is 1.53. The summed E-state index contributed by atoms with van der Waals surface area (Å²) in [5.74, 6) is 0. The Hall–Kier alpha value is -3.73. The number of nitrogens with zero attached hydrogens (tertiary/aromatic N) is 4. The molecule has 0 bridgehead atoms. The number of benzene rings is 2. The highest BCUT2D eigenvalue weighted by molar-refractivity contribution is 5.85. The van der Waals surface area contributed by atoms with E-state index in [0.717, 1.165) is 16.7 Å². The van der Waals surface area contributed by atoms with Crippen molar-refractivity contribution in [2.24, 2.45) is 7.05 Å². The molecule has 0 radical (unpaired) electrons. The van der Waals surface area contributed by atoms with Crippen molar-refractivity contribution >= 4 is 21.9 Å². The first-order chi connectivity index (χ1) is 13.7. The molecule has 0 N–H and O–H groups in total. The van der Waals surface area contributed by atoms with Crippen LogP contribution in [0.4, 0.5) is 0 Å². The van der Waals surface area contributed by atoms with Crippen molar-refractivity contribution in [3.63, 3.8) is 0 Å². The number of fused-ring (bicyclic) bond motifs is 2. The molecule has 0 fully saturated rings. The monoisotopic (exact) mass is 366 g/mol. The summed E-state index contributed by atoms with van der Waals surface area (Å²) in [6.45, 7) is 0.469. The summed E-state index contributed by atoms with van der Waals surface area (Å²) in [5.41, 5.74) is 4.94. The van der Waals surface area contributed by atoms with Crippen LogP contribution >= 0.6 is 0 Å². The van der Waals surface area contributed by atoms with Crippen LogP contribution in [0.2, 0.25) is 0 Å². The van der Waals surface area contributed by atoms with Crippen molar-refractivity contribution in [1.82, 2.24) is 19.1 Å². The largest absolute Gasteiger partial charge is 0.351 e. The molecule has 3 heterocycles. The molecular formula is C23H18N4O. The molecule has 0 unspecified atom stereocenters. The van der Waals surface area contributed by atoms with Crippen LogP contribution in [0, 0.1) is 0 Å². The second-order valence-corrected chi connectivity index (χ2v) is 6.95. The van der Waals surface area contributed by atoms with Crippen LogP contribution in [-0.4, -0.2) is 19.1 Å². The van der Waals surface area contributed by atoms with Gasteiger partial charge in [0.2, 0.25) is 0 Å². The molecular weight excluding hydrogens is 348 g/mol. The minimum Gasteiger partial charge on any atom is -0.351 e. The van der Waals surface area contributed by atoms with Gasteiger partial charge < -0.3 is 4.57 Å². The molecule has 0 saturated heterocycles. The first-order valence-electron chi connectivity index (χ1n) is 9.14. The lowest BCUT2D eigenvalue weighted by Gasteiger charge is -2.09. The van der Waals surface area contributed by atoms with Crippen LogP contribution in [0.25, 0.3) is 33.1 Å². The minimum absolute atomic E-state index is 0.0752. The van der Waals surface area contributed by atoms with E-state index in [9.17, 15) is 4.79 Å². The Morgan fingerprint density at radius 1 is 0.929 bits per heavy atom. The third-order valence-corrected chi connectivity index (χ3v) is 5.10. The first kappa shape index (κ1) is 16.4. The third kappa shape index (κ3) is 2.77. The second-order valence-electron chi connectivity index (χ2n) is 6.95. The number of pyridine rings is 1. The van der Waals surface area contributed by atoms with E-state index in [1.165, 1.54) is 10.9 Å². The molecule has 0 aliphatic carbocycles. The van der Waals surface area contributed by atoms with E-state index in [1.54, 1.807) is 29.2 Å². The fraction of sp³-hybridized carbons (Fsp3) is 0.0870. The molecule has 5 rings (SSSR count). The maximum Gasteiger partial charge on any atom is 0.263 e. The van der Waals surface area contributed by atoms with E-state index in [0.29, 0.717) is 17.6 Å². The van der Waals surface area contributed by atoms with Crippen LogP contribution in [0.15, 0.2) is 84.2 Å². The Kier molecular flexibility index (Phi) is 3.79. The quantitative estimate of drug-likeness (QED) is 0.485. The van der Waals surface area contributed by atoms with Crippen molar-refractivity contribution in [2.45, 2.75) is 6.54 Å². The van der Waals surface area contributed by atoms with Crippen LogP contribution in [0.3, 0.4) is 0 Å². The number of rotatable bonds is 3. The zero-order valence-electron chi connectivity index (χ0n) is 15.4. The average molecular weight is 366 g/mol. The lowest BCUT2D eigenvalue weighted by atomic mass is 10.0. The van der Waals surface area contributed by atoms with Gasteiger partial charge >= 0.3 is 0 Å². The Labute approximate surface area is 161 Å². The van der Waals surface area contributed by atoms with Crippen LogP contribution in [0.5, 0.6) is 0 Å². The highest BCUT2D eigenvalue weighted by Gasteiger charge is 2.07. The number of hydrogen-bond donors (Lipinski definition) is 0. The van der Waals surface area contributed by atoms with Gasteiger partial charge in [-0.15, -0.1) is 0 Å². The molecule has 0 atom stereocenters. The molecule has 2 aromatic carbocycles. The number of aromatic nitrogens is 4. The van der Waals surface area contributed by atoms with E-state index < -0.39 is 0 Å². The molecule has 5 heteroatoms. The second kappa shape index (κ2) is 6.46. The maximum absolute atomic E-state index is 12.7. The summed E-state index contributed by atoms with van der Waals surface area (Å²) in [7, 11) is 2.05. The zero-order chi connectivity index (χ0) is 19.1. The summed E-state index contributed by atoms with van der Waals surface area (Å²) in [6, 6.07) is 20.4. The highest BCUT2D eigenvalue weighted by atomic mass is 16.1. The molecule has 3 aromatic heterocycles. The fourth-order valence-electron chi connectivity index (χ4n) is 3.60. The van der Waals surface area contributed by atoms with Crippen molar-refractivity contribution in [3.05, 3.63) is 95.3 Å². The predicted octanol–water partition coefficient (Wildman–Crippen LogP) is 4.00. The van der Waals surface area contributed by atoms with E-state index in [-0.39, 0.29) is 5.56 Å². The molecule has 0 aliphatic rings. The lowest BCUT2D eigenvalue weighted by molar-refractivity contribution is 0.747. The molecule has 5 nitrogen and oxygen atoms in total. The predicted molar refractivity (Wildman–Crippen MR) is 111 cm³/mol. The molecule has 0 aliphatic heterocycles. The van der Waals surface area contributed by atoms with E-state index in [2.05, 4.69) is 64.2 Å². The molecule has 0 saturated carbocycles. The summed E-state index contributed by atoms with van der Waals surface area (Å²) < 4.78 is 3.75. The standard InChI is InChI=1S/C23H18N4O/c1-26-11-9-17-7-8-19(13-21(17)26)18-5-2-4-16(12-18)14-27-15-25-22-20(23(27)28)6-3-10-24-22/h2-13,15H,14H2,1H3. The van der Waals surface area contributed by atoms with Gasteiger partial charge in [-0.3, -0.25) is 9.36 Å². The summed E-state index contributed by atoms with van der Waals surface area (Å²) >= 11 is 0. The summed E-state index contributed by atoms with van der Waals surface area (Å²) in [5, 5.41) is 1.76. The Bertz CT molecular complexity index is 1380. The van der Waals surface area contributed by atoms with Crippen molar-refractivity contribution < 1.29 is 0 Å². The molecule has 28 heavy (non-hydrogen) atoms. The molecule has 0 amide bonds. The highest BCUT2D eigenvalue weighted by Crippen LogP contribution is 2.25. The van der Waals surface area contributed by atoms with Crippen LogP contribution in [-0.2, 0) is 13.6 Å². The van der Waals surface area contributed by atoms with E-state index in [1.807, 2.05) is 12.1 Å². The van der Waals surface area contributed by atoms with Gasteiger partial charge in [-0.25, -0.2) is 9.97 Å². The number of aryl methyl sites for hydroxylation is 1. The fourth-order valence-corrected chi connectivity index (χ4v) is 3.60.